The molecule has 0 aromatic heterocycles. The fourth-order valence-electron chi connectivity index (χ4n) is 2.87. The highest BCUT2D eigenvalue weighted by Crippen LogP contribution is 2.32. The Labute approximate surface area is 173 Å². The lowest BCUT2D eigenvalue weighted by Gasteiger charge is -2.14. The summed E-state index contributed by atoms with van der Waals surface area (Å²) in [6.07, 6.45) is 2.49. The summed E-state index contributed by atoms with van der Waals surface area (Å²) >= 11 is 1.24. The molecule has 29 heavy (non-hydrogen) atoms. The Hall–Kier alpha value is -2.93. The Kier molecular flexibility index (Phi) is 6.82. The number of thioether (sulfide) groups is 1. The van der Waals surface area contributed by atoms with Crippen LogP contribution in [-0.4, -0.2) is 33.7 Å². The Bertz CT molecular complexity index is 943. The van der Waals surface area contributed by atoms with Crippen LogP contribution in [0.15, 0.2) is 66.2 Å². The highest BCUT2D eigenvalue weighted by Gasteiger charge is 2.38. The summed E-state index contributed by atoms with van der Waals surface area (Å²) in [7, 11) is 0. The third-order valence-electron chi connectivity index (χ3n) is 4.42. The molecule has 2 aromatic rings. The number of anilines is 1. The molecule has 0 bridgehead atoms. The maximum absolute atomic E-state index is 13.7. The van der Waals surface area contributed by atoms with E-state index in [0.29, 0.717) is 11.7 Å². The van der Waals surface area contributed by atoms with E-state index in [2.05, 4.69) is 23.8 Å². The molecule has 3 rings (SSSR count). The van der Waals surface area contributed by atoms with Gasteiger partial charge in [0.25, 0.3) is 0 Å². The van der Waals surface area contributed by atoms with Crippen molar-refractivity contribution in [2.24, 2.45) is 4.99 Å². The van der Waals surface area contributed by atoms with Crippen LogP contribution in [-0.2, 0) is 16.0 Å². The first-order valence-electron chi connectivity index (χ1n) is 9.32. The number of carbonyl (C=O) groups is 2. The molecule has 0 unspecified atom stereocenters. The molecule has 1 atom stereocenters. The number of amidine groups is 1. The van der Waals surface area contributed by atoms with Crippen molar-refractivity contribution in [3.63, 3.8) is 0 Å². The predicted octanol–water partition coefficient (Wildman–Crippen LogP) is 4.53. The molecule has 0 radical (unpaired) electrons. The lowest BCUT2D eigenvalue weighted by Crippen LogP contribution is -2.33. The number of carbonyl (C=O) groups excluding carboxylic acids is 2. The Morgan fingerprint density at radius 3 is 2.66 bits per heavy atom. The van der Waals surface area contributed by atoms with Gasteiger partial charge in [0.2, 0.25) is 11.8 Å². The first-order chi connectivity index (χ1) is 14.0. The molecule has 0 aliphatic carbocycles. The summed E-state index contributed by atoms with van der Waals surface area (Å²) in [5.41, 5.74) is 2.04. The maximum atomic E-state index is 13.7. The molecule has 1 saturated heterocycles. The molecule has 2 aromatic carbocycles. The van der Waals surface area contributed by atoms with Crippen LogP contribution in [0.2, 0.25) is 0 Å². The number of hydrogen-bond acceptors (Lipinski definition) is 4. The fraction of sp³-hybridized carbons (Fsp3) is 0.227. The topological polar surface area (TPSA) is 61.8 Å². The number of rotatable bonds is 7. The number of hydrogen-bond donors (Lipinski definition) is 1. The summed E-state index contributed by atoms with van der Waals surface area (Å²) in [6, 6.07) is 13.7. The third kappa shape index (κ3) is 5.12. The van der Waals surface area contributed by atoms with E-state index in [-0.39, 0.29) is 18.0 Å². The van der Waals surface area contributed by atoms with Crippen LogP contribution in [0.1, 0.15) is 18.9 Å². The largest absolute Gasteiger partial charge is 0.324 e. The second-order valence-corrected chi connectivity index (χ2v) is 7.66. The van der Waals surface area contributed by atoms with Gasteiger partial charge in [0, 0.05) is 13.0 Å². The van der Waals surface area contributed by atoms with E-state index < -0.39 is 17.0 Å². The van der Waals surface area contributed by atoms with Crippen molar-refractivity contribution in [2.45, 2.75) is 25.0 Å². The molecule has 2 amide bonds. The van der Waals surface area contributed by atoms with E-state index in [4.69, 9.17) is 0 Å². The summed E-state index contributed by atoms with van der Waals surface area (Å²) in [5.74, 6) is -1.15. The normalized spacial score (nSPS) is 17.6. The SMILES string of the molecule is C=CCN1C(=O)[C@H](CC(=O)Nc2ccccc2F)SC1=Nc1ccc(CC)cc1. The highest BCUT2D eigenvalue weighted by atomic mass is 32.2. The van der Waals surface area contributed by atoms with Gasteiger partial charge in [0.15, 0.2) is 5.17 Å². The molecule has 1 heterocycles. The number of nitrogens with zero attached hydrogens (tertiary/aromatic N) is 2. The predicted molar refractivity (Wildman–Crippen MR) is 116 cm³/mol. The van der Waals surface area contributed by atoms with E-state index in [0.717, 1.165) is 12.1 Å². The molecule has 0 saturated carbocycles. The number of para-hydroxylation sites is 1. The Balaban J connectivity index is 1.74. The number of amides is 2. The van der Waals surface area contributed by atoms with E-state index >= 15 is 0 Å². The minimum absolute atomic E-state index is 0.0702. The molecular formula is C22H22FN3O2S. The van der Waals surface area contributed by atoms with Crippen molar-refractivity contribution >= 4 is 40.1 Å². The van der Waals surface area contributed by atoms with Crippen LogP contribution in [0.25, 0.3) is 0 Å². The van der Waals surface area contributed by atoms with Gasteiger partial charge >= 0.3 is 0 Å². The lowest BCUT2D eigenvalue weighted by atomic mass is 10.2. The van der Waals surface area contributed by atoms with Gasteiger partial charge in [-0.15, -0.1) is 6.58 Å². The molecule has 1 aliphatic rings. The zero-order chi connectivity index (χ0) is 20.8. The van der Waals surface area contributed by atoms with Gasteiger partial charge in [-0.1, -0.05) is 49.0 Å². The smallest absolute Gasteiger partial charge is 0.242 e. The number of aliphatic imine (C=N–C) groups is 1. The maximum Gasteiger partial charge on any atom is 0.242 e. The zero-order valence-electron chi connectivity index (χ0n) is 16.1. The van der Waals surface area contributed by atoms with Crippen molar-refractivity contribution in [1.29, 1.82) is 0 Å². The van der Waals surface area contributed by atoms with Gasteiger partial charge in [-0.05, 0) is 36.2 Å². The van der Waals surface area contributed by atoms with Crippen LogP contribution in [0, 0.1) is 5.82 Å². The molecule has 1 fully saturated rings. The van der Waals surface area contributed by atoms with Crippen molar-refractivity contribution < 1.29 is 14.0 Å². The van der Waals surface area contributed by atoms with Crippen LogP contribution < -0.4 is 5.32 Å². The molecule has 0 spiro atoms. The number of benzene rings is 2. The van der Waals surface area contributed by atoms with Crippen LogP contribution >= 0.6 is 11.8 Å². The quantitative estimate of drug-likeness (QED) is 0.681. The first kappa shape index (κ1) is 20.8. The fourth-order valence-corrected chi connectivity index (χ4v) is 4.04. The number of aryl methyl sites for hydroxylation is 1. The average molecular weight is 412 g/mol. The van der Waals surface area contributed by atoms with Crippen molar-refractivity contribution in [2.75, 3.05) is 11.9 Å². The van der Waals surface area contributed by atoms with Crippen LogP contribution in [0.4, 0.5) is 15.8 Å². The second-order valence-electron chi connectivity index (χ2n) is 6.49. The second kappa shape index (κ2) is 9.52. The van der Waals surface area contributed by atoms with E-state index in [9.17, 15) is 14.0 Å². The minimum atomic E-state index is -0.615. The summed E-state index contributed by atoms with van der Waals surface area (Å²) < 4.78 is 13.7. The lowest BCUT2D eigenvalue weighted by molar-refractivity contribution is -0.127. The molecule has 150 valence electrons. The van der Waals surface area contributed by atoms with Gasteiger partial charge in [0.05, 0.1) is 11.4 Å². The van der Waals surface area contributed by atoms with Crippen LogP contribution in [0.5, 0.6) is 0 Å². The molecule has 5 nitrogen and oxygen atoms in total. The number of halogens is 1. The van der Waals surface area contributed by atoms with E-state index in [1.54, 1.807) is 18.2 Å². The summed E-state index contributed by atoms with van der Waals surface area (Å²) in [6.45, 7) is 6.08. The van der Waals surface area contributed by atoms with E-state index in [1.165, 1.54) is 34.4 Å². The van der Waals surface area contributed by atoms with Crippen molar-refractivity contribution in [3.8, 4) is 0 Å². The van der Waals surface area contributed by atoms with E-state index in [1.807, 2.05) is 24.3 Å². The molecule has 1 aliphatic heterocycles. The highest BCUT2D eigenvalue weighted by molar-refractivity contribution is 8.15. The Morgan fingerprint density at radius 2 is 2.00 bits per heavy atom. The first-order valence-corrected chi connectivity index (χ1v) is 10.2. The van der Waals surface area contributed by atoms with Gasteiger partial charge in [-0.3, -0.25) is 14.5 Å². The zero-order valence-corrected chi connectivity index (χ0v) is 16.9. The van der Waals surface area contributed by atoms with Gasteiger partial charge < -0.3 is 5.32 Å². The monoisotopic (exact) mass is 411 g/mol. The third-order valence-corrected chi connectivity index (χ3v) is 5.60. The molecule has 7 heteroatoms. The van der Waals surface area contributed by atoms with Gasteiger partial charge in [0.1, 0.15) is 11.1 Å². The minimum Gasteiger partial charge on any atom is -0.324 e. The summed E-state index contributed by atoms with van der Waals surface area (Å²) in [4.78, 5) is 31.2. The average Bonchev–Trinajstić information content (AvgIpc) is 2.99. The summed E-state index contributed by atoms with van der Waals surface area (Å²) in [5, 5.41) is 2.44. The molecular weight excluding hydrogens is 389 g/mol. The van der Waals surface area contributed by atoms with Gasteiger partial charge in [-0.25, -0.2) is 9.38 Å². The Morgan fingerprint density at radius 1 is 1.28 bits per heavy atom. The van der Waals surface area contributed by atoms with Crippen LogP contribution in [0.3, 0.4) is 0 Å². The number of nitrogens with one attached hydrogen (secondary N) is 1. The van der Waals surface area contributed by atoms with Crippen molar-refractivity contribution in [3.05, 3.63) is 72.6 Å². The standard InChI is InChI=1S/C22H22FN3O2S/c1-3-13-26-21(28)19(14-20(27)25-18-8-6-5-7-17(18)23)29-22(26)24-16-11-9-15(4-2)10-12-16/h3,5-12,19H,1,4,13-14H2,2H3,(H,25,27)/t19-/m0/s1. The molecule has 1 N–H and O–H groups in total. The van der Waals surface area contributed by atoms with Crippen molar-refractivity contribution in [1.82, 2.24) is 4.90 Å². The van der Waals surface area contributed by atoms with Gasteiger partial charge in [-0.2, -0.15) is 0 Å².